The highest BCUT2D eigenvalue weighted by molar-refractivity contribution is 5.99. The molecule has 2 aromatic heterocycles. The van der Waals surface area contributed by atoms with E-state index in [0.717, 1.165) is 43.7 Å². The summed E-state index contributed by atoms with van der Waals surface area (Å²) >= 11 is 0. The molecule has 1 amide bonds. The quantitative estimate of drug-likeness (QED) is 0.905. The molecular weight excluding hydrogens is 316 g/mol. The molecule has 3 rings (SSSR count). The van der Waals surface area contributed by atoms with Crippen LogP contribution in [0.3, 0.4) is 0 Å². The van der Waals surface area contributed by atoms with Crippen molar-refractivity contribution in [2.45, 2.75) is 65.5 Å². The Morgan fingerprint density at radius 3 is 2.72 bits per heavy atom. The molecule has 1 N–H and O–H groups in total. The normalized spacial score (nSPS) is 21.0. The van der Waals surface area contributed by atoms with Crippen molar-refractivity contribution < 1.29 is 9.53 Å². The smallest absolute Gasteiger partial charge is 0.256 e. The molecule has 1 fully saturated rings. The lowest BCUT2D eigenvalue weighted by atomic mass is 9.92. The van der Waals surface area contributed by atoms with Crippen molar-refractivity contribution in [2.24, 2.45) is 5.92 Å². The maximum absolute atomic E-state index is 12.7. The van der Waals surface area contributed by atoms with Gasteiger partial charge in [0.15, 0.2) is 5.65 Å². The number of fused-ring (bicyclic) bond motifs is 1. The summed E-state index contributed by atoms with van der Waals surface area (Å²) in [5.41, 5.74) is 3.04. The van der Waals surface area contributed by atoms with Crippen molar-refractivity contribution in [2.75, 3.05) is 6.61 Å². The minimum Gasteiger partial charge on any atom is -0.378 e. The van der Waals surface area contributed by atoms with Gasteiger partial charge in [0.25, 0.3) is 5.91 Å². The van der Waals surface area contributed by atoms with E-state index in [4.69, 9.17) is 4.74 Å². The fraction of sp³-hybridized carbons (Fsp3) is 0.632. The second-order valence-electron chi connectivity index (χ2n) is 7.51. The fourth-order valence-corrected chi connectivity index (χ4v) is 3.40. The Kier molecular flexibility index (Phi) is 5.37. The summed E-state index contributed by atoms with van der Waals surface area (Å²) in [4.78, 5) is 17.2. The molecular formula is C19H28N4O2. The molecule has 0 spiro atoms. The summed E-state index contributed by atoms with van der Waals surface area (Å²) in [6, 6.07) is 2.16. The average Bonchev–Trinajstić information content (AvgIpc) is 2.98. The van der Waals surface area contributed by atoms with Crippen LogP contribution in [-0.2, 0) is 4.74 Å². The van der Waals surface area contributed by atoms with Crippen molar-refractivity contribution in [1.29, 1.82) is 0 Å². The zero-order chi connectivity index (χ0) is 18.0. The molecule has 1 aliphatic rings. The molecule has 6 heteroatoms. The predicted octanol–water partition coefficient (Wildman–Crippen LogP) is 3.06. The highest BCUT2D eigenvalue weighted by atomic mass is 16.5. The molecule has 0 saturated heterocycles. The summed E-state index contributed by atoms with van der Waals surface area (Å²) in [5.74, 6) is 0.478. The fourth-order valence-electron chi connectivity index (χ4n) is 3.40. The van der Waals surface area contributed by atoms with E-state index in [1.54, 1.807) is 10.7 Å². The standard InChI is InChI=1S/C19H28N4O2/c1-12(2)11-25-16-7-5-15(6-8-16)22-19(24)17-10-20-23-14(4)9-13(3)21-18(17)23/h9-10,12,15-16H,5-8,11H2,1-4H3,(H,22,24). The van der Waals surface area contributed by atoms with Gasteiger partial charge in [-0.05, 0) is 51.5 Å². The number of aromatic nitrogens is 3. The molecule has 0 aromatic carbocycles. The van der Waals surface area contributed by atoms with Gasteiger partial charge >= 0.3 is 0 Å². The first-order chi connectivity index (χ1) is 11.9. The number of hydrogen-bond donors (Lipinski definition) is 1. The Labute approximate surface area is 149 Å². The number of amides is 1. The van der Waals surface area contributed by atoms with E-state index < -0.39 is 0 Å². The molecule has 2 heterocycles. The maximum Gasteiger partial charge on any atom is 0.256 e. The van der Waals surface area contributed by atoms with E-state index in [1.807, 2.05) is 19.9 Å². The lowest BCUT2D eigenvalue weighted by Gasteiger charge is -2.29. The van der Waals surface area contributed by atoms with Crippen LogP contribution in [-0.4, -0.2) is 39.3 Å². The first-order valence-corrected chi connectivity index (χ1v) is 9.18. The number of hydrogen-bond acceptors (Lipinski definition) is 4. The van der Waals surface area contributed by atoms with Crippen LogP contribution in [0.5, 0.6) is 0 Å². The number of carbonyl (C=O) groups is 1. The number of ether oxygens (including phenoxy) is 1. The van der Waals surface area contributed by atoms with Crippen molar-refractivity contribution in [1.82, 2.24) is 19.9 Å². The molecule has 136 valence electrons. The topological polar surface area (TPSA) is 68.5 Å². The van der Waals surface area contributed by atoms with Crippen LogP contribution in [0.15, 0.2) is 12.3 Å². The van der Waals surface area contributed by atoms with Crippen LogP contribution in [0.2, 0.25) is 0 Å². The number of aryl methyl sites for hydroxylation is 2. The Hall–Kier alpha value is -1.95. The lowest BCUT2D eigenvalue weighted by Crippen LogP contribution is -2.39. The summed E-state index contributed by atoms with van der Waals surface area (Å²) in [6.07, 6.45) is 5.87. The van der Waals surface area contributed by atoms with Gasteiger partial charge in [-0.15, -0.1) is 0 Å². The molecule has 2 aromatic rings. The van der Waals surface area contributed by atoms with E-state index in [0.29, 0.717) is 23.2 Å². The van der Waals surface area contributed by atoms with Crippen molar-refractivity contribution in [3.63, 3.8) is 0 Å². The Bertz CT molecular complexity index is 745. The summed E-state index contributed by atoms with van der Waals surface area (Å²) in [7, 11) is 0. The zero-order valence-electron chi connectivity index (χ0n) is 15.6. The van der Waals surface area contributed by atoms with Gasteiger partial charge in [-0.25, -0.2) is 9.50 Å². The van der Waals surface area contributed by atoms with Gasteiger partial charge in [-0.1, -0.05) is 13.8 Å². The minimum absolute atomic E-state index is 0.0842. The van der Waals surface area contributed by atoms with Gasteiger partial charge in [0, 0.05) is 24.0 Å². The molecule has 0 radical (unpaired) electrons. The largest absolute Gasteiger partial charge is 0.378 e. The van der Waals surface area contributed by atoms with Gasteiger partial charge in [0.05, 0.1) is 12.3 Å². The molecule has 1 saturated carbocycles. The number of nitrogens with zero attached hydrogens (tertiary/aromatic N) is 3. The summed E-state index contributed by atoms with van der Waals surface area (Å²) in [5, 5.41) is 7.45. The van der Waals surface area contributed by atoms with Crippen LogP contribution in [0.4, 0.5) is 0 Å². The molecule has 0 bridgehead atoms. The van der Waals surface area contributed by atoms with Gasteiger partial charge in [-0.3, -0.25) is 4.79 Å². The monoisotopic (exact) mass is 344 g/mol. The van der Waals surface area contributed by atoms with E-state index >= 15 is 0 Å². The first-order valence-electron chi connectivity index (χ1n) is 9.18. The van der Waals surface area contributed by atoms with Gasteiger partial charge < -0.3 is 10.1 Å². The zero-order valence-corrected chi connectivity index (χ0v) is 15.6. The van der Waals surface area contributed by atoms with Crippen molar-refractivity contribution in [3.05, 3.63) is 29.2 Å². The number of rotatable bonds is 5. The van der Waals surface area contributed by atoms with E-state index in [-0.39, 0.29) is 11.9 Å². The van der Waals surface area contributed by atoms with Gasteiger partial charge in [0.1, 0.15) is 5.56 Å². The molecule has 6 nitrogen and oxygen atoms in total. The first kappa shape index (κ1) is 17.9. The number of nitrogens with one attached hydrogen (secondary N) is 1. The predicted molar refractivity (Wildman–Crippen MR) is 96.8 cm³/mol. The summed E-state index contributed by atoms with van der Waals surface area (Å²) in [6.45, 7) is 9.04. The van der Waals surface area contributed by atoms with Gasteiger partial charge in [0.2, 0.25) is 0 Å². The second kappa shape index (κ2) is 7.52. The molecule has 0 unspecified atom stereocenters. The molecule has 0 atom stereocenters. The average molecular weight is 344 g/mol. The highest BCUT2D eigenvalue weighted by Gasteiger charge is 2.25. The minimum atomic E-state index is -0.0842. The Morgan fingerprint density at radius 2 is 2.04 bits per heavy atom. The highest BCUT2D eigenvalue weighted by Crippen LogP contribution is 2.22. The van der Waals surface area contributed by atoms with E-state index in [1.165, 1.54) is 0 Å². The van der Waals surface area contributed by atoms with Crippen LogP contribution in [0, 0.1) is 19.8 Å². The van der Waals surface area contributed by atoms with E-state index in [2.05, 4.69) is 29.2 Å². The third-order valence-electron chi connectivity index (χ3n) is 4.70. The van der Waals surface area contributed by atoms with Crippen LogP contribution < -0.4 is 5.32 Å². The molecule has 0 aliphatic heterocycles. The maximum atomic E-state index is 12.7. The Morgan fingerprint density at radius 1 is 1.32 bits per heavy atom. The lowest BCUT2D eigenvalue weighted by molar-refractivity contribution is 0.00860. The van der Waals surface area contributed by atoms with Crippen LogP contribution in [0.1, 0.15) is 61.3 Å². The van der Waals surface area contributed by atoms with Gasteiger partial charge in [-0.2, -0.15) is 5.10 Å². The third kappa shape index (κ3) is 4.18. The van der Waals surface area contributed by atoms with Crippen molar-refractivity contribution in [3.8, 4) is 0 Å². The van der Waals surface area contributed by atoms with Crippen LogP contribution >= 0.6 is 0 Å². The van der Waals surface area contributed by atoms with Crippen LogP contribution in [0.25, 0.3) is 5.65 Å². The molecule has 1 aliphatic carbocycles. The number of carbonyl (C=O) groups excluding carboxylic acids is 1. The summed E-state index contributed by atoms with van der Waals surface area (Å²) < 4.78 is 7.64. The van der Waals surface area contributed by atoms with Crippen molar-refractivity contribution >= 4 is 11.6 Å². The molecule has 25 heavy (non-hydrogen) atoms. The second-order valence-corrected chi connectivity index (χ2v) is 7.51. The SMILES string of the molecule is Cc1cc(C)n2ncc(C(=O)NC3CCC(OCC(C)C)CC3)c2n1. The third-order valence-corrected chi connectivity index (χ3v) is 4.70. The van der Waals surface area contributed by atoms with E-state index in [9.17, 15) is 4.79 Å². The Balaban J connectivity index is 1.60.